The van der Waals surface area contributed by atoms with Crippen LogP contribution in [0.25, 0.3) is 0 Å². The molecule has 1 N–H and O–H groups in total. The molecule has 4 rings (SSSR count). The number of ether oxygens (including phenoxy) is 1. The third kappa shape index (κ3) is 3.37. The van der Waals surface area contributed by atoms with Crippen LogP contribution in [0.3, 0.4) is 0 Å². The fraction of sp³-hybridized carbons (Fsp3) is 0.652. The van der Waals surface area contributed by atoms with Gasteiger partial charge in [-0.3, -0.25) is 0 Å². The van der Waals surface area contributed by atoms with E-state index in [1.807, 2.05) is 0 Å². The molecule has 3 aliphatic carbocycles. The summed E-state index contributed by atoms with van der Waals surface area (Å²) in [4.78, 5) is 0. The molecule has 0 spiro atoms. The van der Waals surface area contributed by atoms with Gasteiger partial charge >= 0.3 is 0 Å². The second-order valence-electron chi connectivity index (χ2n) is 8.96. The fourth-order valence-electron chi connectivity index (χ4n) is 6.51. The third-order valence-corrected chi connectivity index (χ3v) is 7.93. The minimum absolute atomic E-state index is 0.0960. The molecule has 0 aliphatic heterocycles. The molecule has 1 aromatic rings. The summed E-state index contributed by atoms with van der Waals surface area (Å²) in [6.45, 7) is 6.09. The number of aliphatic hydroxyl groups excluding tert-OH is 1. The van der Waals surface area contributed by atoms with Gasteiger partial charge in [0.2, 0.25) is 0 Å². The topological polar surface area (TPSA) is 38.7 Å². The van der Waals surface area contributed by atoms with Crippen LogP contribution in [0.5, 0.6) is 5.75 Å². The van der Waals surface area contributed by atoms with Crippen molar-refractivity contribution in [3.63, 3.8) is 0 Å². The first-order valence-electron chi connectivity index (χ1n) is 10.9. The van der Waals surface area contributed by atoms with E-state index in [0.717, 1.165) is 24.0 Å². The molecule has 4 heteroatoms. The van der Waals surface area contributed by atoms with Gasteiger partial charge in [0.1, 0.15) is 5.75 Å². The summed E-state index contributed by atoms with van der Waals surface area (Å²) >= 11 is 0. The first-order valence-corrected chi connectivity index (χ1v) is 10.8. The molecular formula is C23H33O3P. The highest BCUT2D eigenvalue weighted by Crippen LogP contribution is 2.63. The van der Waals surface area contributed by atoms with Gasteiger partial charge in [-0.2, -0.15) is 0 Å². The van der Waals surface area contributed by atoms with Crippen LogP contribution in [0.15, 0.2) is 29.8 Å². The summed E-state index contributed by atoms with van der Waals surface area (Å²) in [7, 11) is -0.245. The van der Waals surface area contributed by atoms with Crippen molar-refractivity contribution in [1.29, 1.82) is 1.28 Å². The largest absolute Gasteiger partial charge is 0.480 e. The van der Waals surface area contributed by atoms with Crippen molar-refractivity contribution < 1.29 is 14.4 Å². The van der Waals surface area contributed by atoms with Gasteiger partial charge in [0.15, 0.2) is 0 Å². The standard InChI is InChI=1S/C23H33O3P/c1-15-13-16-14-18(26-27)4-5-19(16)20-7-9-23(2)17(8-11-25-12-10-24)3-6-21(23)22(15)20/h4-5,8,14-15,20-22,24H,3,6-7,9-13,27H2,1-2H3/t15-,20?,21?,22?,23?/m1/s1/i27T/t15-,20?,21?,22?,23?,27?. The Bertz CT molecular complexity index is 737. The predicted molar refractivity (Wildman–Crippen MR) is 112 cm³/mol. The molecule has 3 aliphatic rings. The zero-order valence-electron chi connectivity index (χ0n) is 17.5. The number of allylic oxidation sites excluding steroid dienone is 1. The van der Waals surface area contributed by atoms with E-state index < -0.39 is 0 Å². The van der Waals surface area contributed by atoms with Gasteiger partial charge in [-0.15, -0.1) is 0 Å². The first kappa shape index (κ1) is 18.2. The highest BCUT2D eigenvalue weighted by Gasteiger charge is 2.54. The number of fused-ring (bicyclic) bond motifs is 5. The lowest BCUT2D eigenvalue weighted by molar-refractivity contribution is 0.0482. The van der Waals surface area contributed by atoms with E-state index in [-0.39, 0.29) is 16.0 Å². The first-order chi connectivity index (χ1) is 13.6. The minimum atomic E-state index is -0.245. The van der Waals surface area contributed by atoms with Crippen LogP contribution in [0.1, 0.15) is 56.6 Å². The SMILES string of the molecule is [3H]POc1ccc2c(c1)C[C@@H](C)C1C2CCC2(C)C(=CCOCCO)CCC12. The summed E-state index contributed by atoms with van der Waals surface area (Å²) in [6, 6.07) is 6.54. The lowest BCUT2D eigenvalue weighted by atomic mass is 9.52. The van der Waals surface area contributed by atoms with Crippen molar-refractivity contribution in [3.05, 3.63) is 41.0 Å². The Balaban J connectivity index is 1.57. The van der Waals surface area contributed by atoms with Gasteiger partial charge in [-0.05, 0) is 84.5 Å². The molecule has 0 radical (unpaired) electrons. The number of benzene rings is 1. The Kier molecular flexibility index (Phi) is 5.28. The van der Waals surface area contributed by atoms with E-state index in [1.54, 1.807) is 5.57 Å². The Morgan fingerprint density at radius 1 is 1.41 bits per heavy atom. The van der Waals surface area contributed by atoms with Crippen molar-refractivity contribution in [2.75, 3.05) is 19.8 Å². The van der Waals surface area contributed by atoms with Crippen molar-refractivity contribution in [1.82, 2.24) is 0 Å². The molecule has 0 saturated heterocycles. The van der Waals surface area contributed by atoms with Gasteiger partial charge in [-0.1, -0.05) is 31.6 Å². The molecule has 3 nitrogen and oxygen atoms in total. The van der Waals surface area contributed by atoms with Crippen molar-refractivity contribution in [2.24, 2.45) is 23.2 Å². The molecule has 6 atom stereocenters. The summed E-state index contributed by atoms with van der Waals surface area (Å²) in [5.74, 6) is 3.70. The highest BCUT2D eigenvalue weighted by atomic mass is 31.0. The quantitative estimate of drug-likeness (QED) is 0.427. The van der Waals surface area contributed by atoms with Gasteiger partial charge in [0, 0.05) is 0 Å². The van der Waals surface area contributed by atoms with Crippen LogP contribution in [0.4, 0.5) is 0 Å². The van der Waals surface area contributed by atoms with Gasteiger partial charge in [0.25, 0.3) is 0 Å². The Morgan fingerprint density at radius 2 is 2.30 bits per heavy atom. The molecule has 0 bridgehead atoms. The van der Waals surface area contributed by atoms with Crippen LogP contribution in [0.2, 0.25) is 0 Å². The average molecular weight is 390 g/mol. The molecule has 0 amide bonds. The molecule has 0 heterocycles. The molecule has 5 unspecified atom stereocenters. The second-order valence-corrected chi connectivity index (χ2v) is 9.16. The van der Waals surface area contributed by atoms with Gasteiger partial charge < -0.3 is 14.4 Å². The van der Waals surface area contributed by atoms with Crippen molar-refractivity contribution in [3.8, 4) is 5.75 Å². The summed E-state index contributed by atoms with van der Waals surface area (Å²) in [6.07, 6.45) is 8.43. The van der Waals surface area contributed by atoms with E-state index in [9.17, 15) is 0 Å². The fourth-order valence-corrected chi connectivity index (χ4v) is 6.64. The van der Waals surface area contributed by atoms with Crippen LogP contribution in [-0.4, -0.2) is 26.2 Å². The van der Waals surface area contributed by atoms with E-state index in [1.165, 1.54) is 36.8 Å². The normalized spacial score (nSPS) is 37.1. The Labute approximate surface area is 167 Å². The molecular weight excluding hydrogens is 355 g/mol. The number of hydrogen-bond acceptors (Lipinski definition) is 3. The minimum Gasteiger partial charge on any atom is -0.480 e. The zero-order chi connectivity index (χ0) is 19.7. The summed E-state index contributed by atoms with van der Waals surface area (Å²) < 4.78 is 18.3. The van der Waals surface area contributed by atoms with Crippen molar-refractivity contribution >= 4 is 9.41 Å². The van der Waals surface area contributed by atoms with Crippen molar-refractivity contribution in [2.45, 2.75) is 51.9 Å². The molecule has 27 heavy (non-hydrogen) atoms. The average Bonchev–Trinajstić information content (AvgIpc) is 3.01. The lowest BCUT2D eigenvalue weighted by Gasteiger charge is -2.52. The van der Waals surface area contributed by atoms with E-state index in [0.29, 0.717) is 30.5 Å². The Hall–Kier alpha value is -0.890. The maximum Gasteiger partial charge on any atom is 0.122 e. The van der Waals surface area contributed by atoms with Crippen LogP contribution < -0.4 is 4.52 Å². The van der Waals surface area contributed by atoms with E-state index in [2.05, 4.69) is 38.1 Å². The molecule has 1 aromatic carbocycles. The predicted octanol–water partition coefficient (Wildman–Crippen LogP) is 4.89. The van der Waals surface area contributed by atoms with Crippen LogP contribution in [-0.2, 0) is 11.2 Å². The van der Waals surface area contributed by atoms with E-state index in [4.69, 9.17) is 15.6 Å². The van der Waals surface area contributed by atoms with Gasteiger partial charge in [0.05, 0.1) is 30.5 Å². The number of hydrogen-bond donors (Lipinski definition) is 1. The second kappa shape index (κ2) is 7.85. The third-order valence-electron chi connectivity index (χ3n) is 7.69. The van der Waals surface area contributed by atoms with Crippen LogP contribution in [0, 0.1) is 23.2 Å². The summed E-state index contributed by atoms with van der Waals surface area (Å²) in [5.41, 5.74) is 4.88. The number of rotatable bonds is 6. The maximum absolute atomic E-state index is 8.92. The van der Waals surface area contributed by atoms with Crippen LogP contribution >= 0.6 is 9.41 Å². The zero-order valence-corrected chi connectivity index (χ0v) is 17.5. The highest BCUT2D eigenvalue weighted by molar-refractivity contribution is 7.10. The molecule has 2 fully saturated rings. The van der Waals surface area contributed by atoms with Gasteiger partial charge in [-0.25, -0.2) is 0 Å². The lowest BCUT2D eigenvalue weighted by Crippen LogP contribution is -2.43. The Morgan fingerprint density at radius 3 is 3.11 bits per heavy atom. The maximum atomic E-state index is 8.92. The smallest absolute Gasteiger partial charge is 0.122 e. The molecule has 2 saturated carbocycles. The monoisotopic (exact) mass is 390 g/mol. The molecule has 148 valence electrons. The molecule has 0 aromatic heterocycles. The summed E-state index contributed by atoms with van der Waals surface area (Å²) in [5, 5.41) is 8.92. The number of aliphatic hydroxyl groups is 1. The van der Waals surface area contributed by atoms with E-state index >= 15 is 0 Å².